The summed E-state index contributed by atoms with van der Waals surface area (Å²) in [6, 6.07) is 13.7. The third-order valence-corrected chi connectivity index (χ3v) is 3.94. The molecule has 3 rings (SSSR count). The van der Waals surface area contributed by atoms with Crippen LogP contribution < -0.4 is 10.6 Å². The van der Waals surface area contributed by atoms with Gasteiger partial charge in [-0.15, -0.1) is 0 Å². The Bertz CT molecular complexity index is 999. The van der Waals surface area contributed by atoms with Crippen molar-refractivity contribution in [3.8, 4) is 6.07 Å². The third kappa shape index (κ3) is 4.09. The number of anilines is 3. The Morgan fingerprint density at radius 3 is 2.46 bits per heavy atom. The highest BCUT2D eigenvalue weighted by Crippen LogP contribution is 2.27. The Labute approximate surface area is 159 Å². The summed E-state index contributed by atoms with van der Waals surface area (Å²) in [5, 5.41) is 15.6. The average Bonchev–Trinajstić information content (AvgIpc) is 2.65. The zero-order valence-corrected chi connectivity index (χ0v) is 14.7. The highest BCUT2D eigenvalue weighted by atomic mass is 35.5. The van der Waals surface area contributed by atoms with Gasteiger partial charge < -0.3 is 10.6 Å². The Morgan fingerprint density at radius 2 is 1.77 bits per heavy atom. The lowest BCUT2D eigenvalue weighted by Gasteiger charge is -2.08. The van der Waals surface area contributed by atoms with Crippen molar-refractivity contribution in [1.29, 1.82) is 5.26 Å². The van der Waals surface area contributed by atoms with Gasteiger partial charge in [-0.3, -0.25) is 4.79 Å². The van der Waals surface area contributed by atoms with Gasteiger partial charge in [0.25, 0.3) is 5.91 Å². The summed E-state index contributed by atoms with van der Waals surface area (Å²) in [5.74, 6) is -0.132. The van der Waals surface area contributed by atoms with Crippen molar-refractivity contribution < 1.29 is 4.79 Å². The van der Waals surface area contributed by atoms with E-state index in [-0.39, 0.29) is 11.5 Å². The van der Waals surface area contributed by atoms with Crippen LogP contribution in [0.15, 0.2) is 54.9 Å². The normalized spacial score (nSPS) is 10.0. The SMILES string of the molecule is N#Cc1ccccc1NC(=O)c1cnc(Nc2ccc(Cl)cc2Cl)nc1. The first-order valence-electron chi connectivity index (χ1n) is 7.41. The predicted octanol–water partition coefficient (Wildman–Crippen LogP) is 4.65. The number of nitrogens with zero attached hydrogens (tertiary/aromatic N) is 3. The van der Waals surface area contributed by atoms with Gasteiger partial charge in [-0.1, -0.05) is 35.3 Å². The number of hydrogen-bond donors (Lipinski definition) is 2. The number of para-hydroxylation sites is 1. The van der Waals surface area contributed by atoms with Crippen molar-refractivity contribution in [3.63, 3.8) is 0 Å². The average molecular weight is 384 g/mol. The Hall–Kier alpha value is -3.14. The van der Waals surface area contributed by atoms with Crippen LogP contribution in [0.5, 0.6) is 0 Å². The smallest absolute Gasteiger partial charge is 0.258 e. The van der Waals surface area contributed by atoms with Crippen LogP contribution in [0.1, 0.15) is 15.9 Å². The van der Waals surface area contributed by atoms with E-state index in [2.05, 4.69) is 20.6 Å². The van der Waals surface area contributed by atoms with Gasteiger partial charge in [0.15, 0.2) is 0 Å². The van der Waals surface area contributed by atoms with Crippen molar-refractivity contribution in [2.75, 3.05) is 10.6 Å². The van der Waals surface area contributed by atoms with E-state index in [0.717, 1.165) is 0 Å². The summed E-state index contributed by atoms with van der Waals surface area (Å²) in [6.07, 6.45) is 2.76. The number of amides is 1. The largest absolute Gasteiger partial charge is 0.323 e. The molecule has 26 heavy (non-hydrogen) atoms. The lowest BCUT2D eigenvalue weighted by molar-refractivity contribution is 0.102. The predicted molar refractivity (Wildman–Crippen MR) is 101 cm³/mol. The fourth-order valence-electron chi connectivity index (χ4n) is 2.11. The number of nitriles is 1. The van der Waals surface area contributed by atoms with Crippen molar-refractivity contribution in [2.45, 2.75) is 0 Å². The molecule has 0 bridgehead atoms. The molecule has 3 aromatic rings. The Balaban J connectivity index is 1.73. The van der Waals surface area contributed by atoms with E-state index in [9.17, 15) is 4.79 Å². The van der Waals surface area contributed by atoms with Crippen molar-refractivity contribution in [1.82, 2.24) is 9.97 Å². The molecular weight excluding hydrogens is 373 g/mol. The lowest BCUT2D eigenvalue weighted by atomic mass is 10.2. The highest BCUT2D eigenvalue weighted by Gasteiger charge is 2.11. The number of benzene rings is 2. The number of halogens is 2. The molecule has 0 unspecified atom stereocenters. The van der Waals surface area contributed by atoms with Crippen LogP contribution in [-0.2, 0) is 0 Å². The molecular formula is C18H11Cl2N5O. The van der Waals surface area contributed by atoms with E-state index in [1.165, 1.54) is 12.4 Å². The van der Waals surface area contributed by atoms with Gasteiger partial charge >= 0.3 is 0 Å². The minimum atomic E-state index is -0.413. The molecule has 0 aliphatic rings. The standard InChI is InChI=1S/C18H11Cl2N5O/c19-13-5-6-16(14(20)7-13)25-18-22-9-12(10-23-18)17(26)24-15-4-2-1-3-11(15)8-21/h1-7,9-10H,(H,24,26)(H,22,23,25). The van der Waals surface area contributed by atoms with E-state index in [4.69, 9.17) is 28.5 Å². The Kier molecular flexibility index (Phi) is 5.32. The summed E-state index contributed by atoms with van der Waals surface area (Å²) in [5.41, 5.74) is 1.65. The third-order valence-electron chi connectivity index (χ3n) is 3.39. The molecule has 0 spiro atoms. The molecule has 1 heterocycles. The maximum atomic E-state index is 12.3. The van der Waals surface area contributed by atoms with E-state index >= 15 is 0 Å². The van der Waals surface area contributed by atoms with E-state index in [0.29, 0.717) is 27.0 Å². The maximum absolute atomic E-state index is 12.3. The first-order valence-corrected chi connectivity index (χ1v) is 8.17. The summed E-state index contributed by atoms with van der Waals surface area (Å²) in [7, 11) is 0. The molecule has 0 saturated carbocycles. The van der Waals surface area contributed by atoms with Gasteiger partial charge in [-0.25, -0.2) is 9.97 Å². The summed E-state index contributed by atoms with van der Waals surface area (Å²) in [4.78, 5) is 20.5. The monoisotopic (exact) mass is 383 g/mol. The van der Waals surface area contributed by atoms with Crippen LogP contribution in [0.2, 0.25) is 10.0 Å². The van der Waals surface area contributed by atoms with Gasteiger partial charge in [-0.2, -0.15) is 5.26 Å². The second-order valence-electron chi connectivity index (χ2n) is 5.16. The topological polar surface area (TPSA) is 90.7 Å². The molecule has 0 fully saturated rings. The van der Waals surface area contributed by atoms with Crippen LogP contribution >= 0.6 is 23.2 Å². The van der Waals surface area contributed by atoms with Crippen LogP contribution in [0.3, 0.4) is 0 Å². The van der Waals surface area contributed by atoms with Gasteiger partial charge in [0, 0.05) is 17.4 Å². The number of carbonyl (C=O) groups excluding carboxylic acids is 1. The number of rotatable bonds is 4. The van der Waals surface area contributed by atoms with Gasteiger partial charge in [0.05, 0.1) is 27.5 Å². The van der Waals surface area contributed by atoms with Crippen LogP contribution in [-0.4, -0.2) is 15.9 Å². The van der Waals surface area contributed by atoms with Crippen molar-refractivity contribution in [2.24, 2.45) is 0 Å². The van der Waals surface area contributed by atoms with Gasteiger partial charge in [0.2, 0.25) is 5.95 Å². The van der Waals surface area contributed by atoms with Crippen LogP contribution in [0.4, 0.5) is 17.3 Å². The molecule has 0 aliphatic carbocycles. The second-order valence-corrected chi connectivity index (χ2v) is 6.00. The quantitative estimate of drug-likeness (QED) is 0.683. The van der Waals surface area contributed by atoms with Crippen molar-refractivity contribution >= 4 is 46.4 Å². The summed E-state index contributed by atoms with van der Waals surface area (Å²) < 4.78 is 0. The van der Waals surface area contributed by atoms with E-state index in [1.54, 1.807) is 42.5 Å². The Morgan fingerprint density at radius 1 is 1.04 bits per heavy atom. The number of hydrogen-bond acceptors (Lipinski definition) is 5. The first-order chi connectivity index (χ1) is 12.6. The minimum absolute atomic E-state index is 0.255. The summed E-state index contributed by atoms with van der Waals surface area (Å²) in [6.45, 7) is 0. The molecule has 128 valence electrons. The summed E-state index contributed by atoms with van der Waals surface area (Å²) >= 11 is 11.9. The molecule has 2 aromatic carbocycles. The van der Waals surface area contributed by atoms with Crippen LogP contribution in [0.25, 0.3) is 0 Å². The van der Waals surface area contributed by atoms with E-state index in [1.807, 2.05) is 6.07 Å². The minimum Gasteiger partial charge on any atom is -0.323 e. The van der Waals surface area contributed by atoms with E-state index < -0.39 is 5.91 Å². The fourth-order valence-corrected chi connectivity index (χ4v) is 2.56. The molecule has 0 aliphatic heterocycles. The molecule has 0 radical (unpaired) electrons. The first kappa shape index (κ1) is 17.7. The van der Waals surface area contributed by atoms with Gasteiger partial charge in [-0.05, 0) is 30.3 Å². The number of carbonyl (C=O) groups is 1. The number of aromatic nitrogens is 2. The van der Waals surface area contributed by atoms with Gasteiger partial charge in [0.1, 0.15) is 6.07 Å². The lowest BCUT2D eigenvalue weighted by Crippen LogP contribution is -2.14. The molecule has 6 nitrogen and oxygen atoms in total. The maximum Gasteiger partial charge on any atom is 0.258 e. The zero-order valence-electron chi connectivity index (χ0n) is 13.2. The molecule has 0 atom stereocenters. The fraction of sp³-hybridized carbons (Fsp3) is 0. The van der Waals surface area contributed by atoms with Crippen LogP contribution in [0, 0.1) is 11.3 Å². The zero-order chi connectivity index (χ0) is 18.5. The molecule has 1 amide bonds. The number of nitrogens with one attached hydrogen (secondary N) is 2. The second kappa shape index (κ2) is 7.83. The van der Waals surface area contributed by atoms with Crippen molar-refractivity contribution in [3.05, 3.63) is 76.0 Å². The molecule has 8 heteroatoms. The molecule has 2 N–H and O–H groups in total. The highest BCUT2D eigenvalue weighted by molar-refractivity contribution is 6.36. The molecule has 0 saturated heterocycles. The molecule has 1 aromatic heterocycles.